The Bertz CT molecular complexity index is 685. The van der Waals surface area contributed by atoms with Crippen molar-refractivity contribution >= 4 is 51.3 Å². The van der Waals surface area contributed by atoms with E-state index in [0.29, 0.717) is 21.1 Å². The van der Waals surface area contributed by atoms with E-state index in [9.17, 15) is 0 Å². The molecule has 0 spiro atoms. The Hall–Kier alpha value is -0.420. The zero-order valence-electron chi connectivity index (χ0n) is 10.8. The SMILES string of the molecule is CCCc1[nH]c(Cc2ccc(Cl)c(Cl)c2)nc(=S)c1Br. The fourth-order valence-corrected chi connectivity index (χ4v) is 2.85. The molecule has 0 bridgehead atoms. The maximum atomic E-state index is 6.03. The van der Waals surface area contributed by atoms with E-state index in [-0.39, 0.29) is 0 Å². The third-order valence-electron chi connectivity index (χ3n) is 2.84. The van der Waals surface area contributed by atoms with Crippen LogP contribution in [0.25, 0.3) is 0 Å². The van der Waals surface area contributed by atoms with E-state index in [1.54, 1.807) is 6.07 Å². The van der Waals surface area contributed by atoms with Gasteiger partial charge in [0.2, 0.25) is 0 Å². The lowest BCUT2D eigenvalue weighted by atomic mass is 10.1. The molecule has 0 aliphatic heterocycles. The summed E-state index contributed by atoms with van der Waals surface area (Å²) in [5, 5.41) is 1.10. The maximum absolute atomic E-state index is 6.03. The minimum Gasteiger partial charge on any atom is -0.346 e. The molecule has 2 aromatic rings. The molecule has 1 N–H and O–H groups in total. The molecule has 1 heterocycles. The molecule has 6 heteroatoms. The maximum Gasteiger partial charge on any atom is 0.144 e. The van der Waals surface area contributed by atoms with E-state index in [0.717, 1.165) is 34.4 Å². The van der Waals surface area contributed by atoms with Crippen LogP contribution >= 0.6 is 51.3 Å². The summed E-state index contributed by atoms with van der Waals surface area (Å²) in [4.78, 5) is 7.74. The van der Waals surface area contributed by atoms with Crippen LogP contribution in [0.5, 0.6) is 0 Å². The monoisotopic (exact) mass is 390 g/mol. The number of aromatic nitrogens is 2. The summed E-state index contributed by atoms with van der Waals surface area (Å²) in [6.07, 6.45) is 2.62. The molecule has 0 saturated heterocycles. The van der Waals surface area contributed by atoms with E-state index in [4.69, 9.17) is 35.4 Å². The molecule has 0 atom stereocenters. The molecule has 2 nitrogen and oxygen atoms in total. The van der Waals surface area contributed by atoms with Crippen molar-refractivity contribution in [3.05, 3.63) is 54.4 Å². The number of nitrogens with zero attached hydrogens (tertiary/aromatic N) is 1. The Balaban J connectivity index is 2.33. The lowest BCUT2D eigenvalue weighted by Gasteiger charge is -2.08. The third kappa shape index (κ3) is 3.82. The van der Waals surface area contributed by atoms with Gasteiger partial charge in [0.25, 0.3) is 0 Å². The van der Waals surface area contributed by atoms with Gasteiger partial charge in [0.15, 0.2) is 0 Å². The van der Waals surface area contributed by atoms with Gasteiger partial charge < -0.3 is 4.98 Å². The molecule has 0 saturated carbocycles. The first-order valence-electron chi connectivity index (χ1n) is 6.22. The van der Waals surface area contributed by atoms with Gasteiger partial charge in [0.05, 0.1) is 14.5 Å². The molecule has 0 aliphatic rings. The van der Waals surface area contributed by atoms with Crippen LogP contribution in [-0.4, -0.2) is 9.97 Å². The smallest absolute Gasteiger partial charge is 0.144 e. The number of aromatic amines is 1. The molecule has 0 unspecified atom stereocenters. The molecule has 0 aliphatic carbocycles. The minimum atomic E-state index is 0.550. The Labute approximate surface area is 141 Å². The number of nitrogens with one attached hydrogen (secondary N) is 1. The van der Waals surface area contributed by atoms with Crippen molar-refractivity contribution in [2.75, 3.05) is 0 Å². The number of hydrogen-bond donors (Lipinski definition) is 1. The Morgan fingerprint density at radius 2 is 2.05 bits per heavy atom. The average molecular weight is 392 g/mol. The summed E-state index contributed by atoms with van der Waals surface area (Å²) in [7, 11) is 0. The predicted molar refractivity (Wildman–Crippen MR) is 90.4 cm³/mol. The highest BCUT2D eigenvalue weighted by Gasteiger charge is 2.07. The summed E-state index contributed by atoms with van der Waals surface area (Å²) in [6, 6.07) is 5.58. The molecular weight excluding hydrogens is 379 g/mol. The third-order valence-corrected chi connectivity index (χ3v) is 4.99. The summed E-state index contributed by atoms with van der Waals surface area (Å²) in [5.41, 5.74) is 2.13. The fraction of sp³-hybridized carbons (Fsp3) is 0.286. The van der Waals surface area contributed by atoms with Crippen molar-refractivity contribution < 1.29 is 0 Å². The number of aryl methyl sites for hydroxylation is 1. The summed E-state index contributed by atoms with van der Waals surface area (Å²) in [5.74, 6) is 0.833. The van der Waals surface area contributed by atoms with Crippen LogP contribution in [0, 0.1) is 4.64 Å². The first-order chi connectivity index (χ1) is 9.51. The van der Waals surface area contributed by atoms with Gasteiger partial charge in [-0.15, -0.1) is 0 Å². The average Bonchev–Trinajstić information content (AvgIpc) is 2.40. The quantitative estimate of drug-likeness (QED) is 0.672. The highest BCUT2D eigenvalue weighted by atomic mass is 79.9. The number of rotatable bonds is 4. The fourth-order valence-electron chi connectivity index (χ4n) is 1.91. The molecule has 1 aromatic carbocycles. The topological polar surface area (TPSA) is 28.7 Å². The Morgan fingerprint density at radius 1 is 1.30 bits per heavy atom. The molecule has 106 valence electrons. The minimum absolute atomic E-state index is 0.550. The lowest BCUT2D eigenvalue weighted by molar-refractivity contribution is 0.830. The second-order valence-corrected chi connectivity index (χ2v) is 6.45. The van der Waals surface area contributed by atoms with Crippen LogP contribution in [0.4, 0.5) is 0 Å². The molecular formula is C14H13BrCl2N2S. The second kappa shape index (κ2) is 7.03. The largest absolute Gasteiger partial charge is 0.346 e. The molecule has 0 radical (unpaired) electrons. The number of H-pyrrole nitrogens is 1. The summed E-state index contributed by atoms with van der Waals surface area (Å²) < 4.78 is 1.47. The van der Waals surface area contributed by atoms with Crippen LogP contribution in [0.1, 0.15) is 30.4 Å². The molecule has 1 aromatic heterocycles. The van der Waals surface area contributed by atoms with Crippen LogP contribution in [0.3, 0.4) is 0 Å². The van der Waals surface area contributed by atoms with Gasteiger partial charge in [0.1, 0.15) is 10.5 Å². The van der Waals surface area contributed by atoms with E-state index >= 15 is 0 Å². The first kappa shape index (κ1) is 16.0. The van der Waals surface area contributed by atoms with Crippen molar-refractivity contribution in [1.29, 1.82) is 0 Å². The van der Waals surface area contributed by atoms with E-state index in [2.05, 4.69) is 32.8 Å². The van der Waals surface area contributed by atoms with E-state index in [1.165, 1.54) is 0 Å². The number of hydrogen-bond acceptors (Lipinski definition) is 2. The van der Waals surface area contributed by atoms with Crippen LogP contribution in [0.2, 0.25) is 10.0 Å². The van der Waals surface area contributed by atoms with Crippen LogP contribution in [0.15, 0.2) is 22.7 Å². The van der Waals surface area contributed by atoms with Crippen molar-refractivity contribution in [1.82, 2.24) is 9.97 Å². The highest BCUT2D eigenvalue weighted by molar-refractivity contribution is 9.10. The second-order valence-electron chi connectivity index (χ2n) is 4.46. The molecule has 0 fully saturated rings. The van der Waals surface area contributed by atoms with Gasteiger partial charge >= 0.3 is 0 Å². The molecule has 0 amide bonds. The summed E-state index contributed by atoms with van der Waals surface area (Å²) >= 11 is 20.7. The zero-order chi connectivity index (χ0) is 14.7. The van der Waals surface area contributed by atoms with E-state index < -0.39 is 0 Å². The number of halogens is 3. The lowest BCUT2D eigenvalue weighted by Crippen LogP contribution is -2.02. The van der Waals surface area contributed by atoms with E-state index in [1.807, 2.05) is 12.1 Å². The van der Waals surface area contributed by atoms with Gasteiger partial charge in [-0.3, -0.25) is 0 Å². The Kier molecular flexibility index (Phi) is 5.61. The van der Waals surface area contributed by atoms with Gasteiger partial charge in [-0.2, -0.15) is 0 Å². The van der Waals surface area contributed by atoms with Crippen LogP contribution in [-0.2, 0) is 12.8 Å². The van der Waals surface area contributed by atoms with Crippen LogP contribution < -0.4 is 0 Å². The summed E-state index contributed by atoms with van der Waals surface area (Å²) in [6.45, 7) is 2.13. The van der Waals surface area contributed by atoms with Crippen molar-refractivity contribution in [2.24, 2.45) is 0 Å². The van der Waals surface area contributed by atoms with Crippen molar-refractivity contribution in [2.45, 2.75) is 26.2 Å². The normalized spacial score (nSPS) is 10.8. The van der Waals surface area contributed by atoms with Crippen molar-refractivity contribution in [3.63, 3.8) is 0 Å². The standard InChI is InChI=1S/C14H13BrCl2N2S/c1-2-3-11-13(15)14(20)19-12(18-11)7-8-4-5-9(16)10(17)6-8/h4-6H,2-3,7H2,1H3,(H,18,19,20). The molecule has 2 rings (SSSR count). The van der Waals surface area contributed by atoms with Crippen molar-refractivity contribution in [3.8, 4) is 0 Å². The van der Waals surface area contributed by atoms with Gasteiger partial charge in [-0.25, -0.2) is 4.98 Å². The first-order valence-corrected chi connectivity index (χ1v) is 8.18. The van der Waals surface area contributed by atoms with Gasteiger partial charge in [-0.1, -0.05) is 54.8 Å². The number of benzene rings is 1. The van der Waals surface area contributed by atoms with Gasteiger partial charge in [0, 0.05) is 12.1 Å². The predicted octanol–water partition coefficient (Wildman–Crippen LogP) is 5.75. The highest BCUT2D eigenvalue weighted by Crippen LogP contribution is 2.24. The van der Waals surface area contributed by atoms with Gasteiger partial charge in [-0.05, 0) is 40.0 Å². The molecule has 20 heavy (non-hydrogen) atoms. The zero-order valence-corrected chi connectivity index (χ0v) is 14.8. The Morgan fingerprint density at radius 3 is 2.70 bits per heavy atom.